The molecule has 7 aliphatic rings. The van der Waals surface area contributed by atoms with Crippen LogP contribution in [0.25, 0.3) is 33.2 Å². The summed E-state index contributed by atoms with van der Waals surface area (Å²) in [6, 6.07) is 21.6. The van der Waals surface area contributed by atoms with Gasteiger partial charge in [-0.05, 0) is 164 Å². The zero-order valence-electron chi connectivity index (χ0n) is 45.5. The van der Waals surface area contributed by atoms with Crippen molar-refractivity contribution in [1.29, 1.82) is 0 Å². The maximum atomic E-state index is 15.3. The zero-order chi connectivity index (χ0) is 54.1. The summed E-state index contributed by atoms with van der Waals surface area (Å²) < 4.78 is 19.2. The molecular weight excluding hydrogens is 998 g/mol. The van der Waals surface area contributed by atoms with E-state index in [4.69, 9.17) is 15.1 Å². The van der Waals surface area contributed by atoms with Crippen LogP contribution in [-0.4, -0.2) is 120 Å². The monoisotopic (exact) mass is 1070 g/mol. The van der Waals surface area contributed by atoms with Crippen LogP contribution < -0.4 is 15.5 Å². The number of carbonyl (C=O) groups excluding carboxylic acids is 5. The second-order valence-electron chi connectivity index (χ2n) is 24.2. The molecule has 6 aromatic rings. The van der Waals surface area contributed by atoms with Crippen molar-refractivity contribution >= 4 is 68.7 Å². The molecule has 3 aromatic heterocycles. The van der Waals surface area contributed by atoms with E-state index in [0.29, 0.717) is 93.9 Å². The third kappa shape index (κ3) is 9.46. The molecule has 2 saturated carbocycles. The average Bonchev–Trinajstić information content (AvgIpc) is 4.32. The van der Waals surface area contributed by atoms with Crippen molar-refractivity contribution in [3.05, 3.63) is 96.2 Å². The minimum Gasteiger partial charge on any atom is -0.342 e. The predicted octanol–water partition coefficient (Wildman–Crippen LogP) is 9.40. The Morgan fingerprint density at radius 3 is 2.27 bits per heavy atom. The number of imidazole rings is 1. The first-order chi connectivity index (χ1) is 38.4. The molecule has 13 rings (SSSR count). The second kappa shape index (κ2) is 20.9. The molecule has 1 spiro atoms. The molecular formula is C62H72FN11O5. The maximum Gasteiger partial charge on any atom is 0.238 e. The van der Waals surface area contributed by atoms with Gasteiger partial charge in [-0.15, -0.1) is 0 Å². The Bertz CT molecular complexity index is 3350. The van der Waals surface area contributed by atoms with Crippen molar-refractivity contribution in [3.8, 4) is 11.3 Å². The number of fused-ring (bicyclic) bond motifs is 4. The molecule has 412 valence electrons. The fourth-order valence-electron chi connectivity index (χ4n) is 14.6. The largest absolute Gasteiger partial charge is 0.342 e. The van der Waals surface area contributed by atoms with Gasteiger partial charge < -0.3 is 29.5 Å². The maximum absolute atomic E-state index is 15.3. The highest BCUT2D eigenvalue weighted by Gasteiger charge is 2.56. The van der Waals surface area contributed by atoms with E-state index < -0.39 is 5.41 Å². The lowest BCUT2D eigenvalue weighted by atomic mass is 9.73. The number of imide groups is 1. The van der Waals surface area contributed by atoms with Gasteiger partial charge in [0.1, 0.15) is 11.3 Å². The number of nitrogens with one attached hydrogen (secondary N) is 2. The molecule has 2 N–H and O–H groups in total. The number of halogens is 1. The highest BCUT2D eigenvalue weighted by Crippen LogP contribution is 2.52. The van der Waals surface area contributed by atoms with E-state index >= 15 is 9.18 Å². The first-order valence-corrected chi connectivity index (χ1v) is 29.4. The molecule has 0 radical (unpaired) electrons. The van der Waals surface area contributed by atoms with E-state index in [2.05, 4.69) is 52.5 Å². The highest BCUT2D eigenvalue weighted by atomic mass is 19.1. The molecule has 5 aliphatic heterocycles. The van der Waals surface area contributed by atoms with Crippen LogP contribution in [0, 0.1) is 23.6 Å². The van der Waals surface area contributed by atoms with E-state index in [1.165, 1.54) is 25.3 Å². The molecule has 3 aromatic carbocycles. The third-order valence-corrected chi connectivity index (χ3v) is 19.3. The van der Waals surface area contributed by atoms with Crippen molar-refractivity contribution in [2.45, 2.75) is 146 Å². The number of aromatic nitrogens is 5. The van der Waals surface area contributed by atoms with E-state index in [0.717, 1.165) is 102 Å². The summed E-state index contributed by atoms with van der Waals surface area (Å²) in [6.45, 7) is 9.34. The molecule has 1 atom stereocenters. The van der Waals surface area contributed by atoms with Gasteiger partial charge in [0.15, 0.2) is 5.82 Å². The smallest absolute Gasteiger partial charge is 0.238 e. The number of hydrogen-bond acceptors (Lipinski definition) is 10. The molecule has 17 heteroatoms. The SMILES string of the molecule is CC(C)n1cnc2cc(-c3ccc4c(c3)N(C3CC(N5CCCCC5)C3)C(=O)C43CCN(C(=O)C4CCN(C(=O)C5CCC(Cn6ncc7cc(C8CCC(=O)NC8=O)ccc76)CC5)CC4)CC3)nc(Nc3ccccc3F)c21. The van der Waals surface area contributed by atoms with Crippen LogP contribution in [0.3, 0.4) is 0 Å². The van der Waals surface area contributed by atoms with Gasteiger partial charge in [-0.2, -0.15) is 5.10 Å². The van der Waals surface area contributed by atoms with Crippen LogP contribution in [-0.2, 0) is 35.9 Å². The Kier molecular flexibility index (Phi) is 13.6. The Labute approximate surface area is 460 Å². The normalized spacial score (nSPS) is 24.8. The zero-order valence-corrected chi connectivity index (χ0v) is 45.5. The lowest BCUT2D eigenvalue weighted by Gasteiger charge is -2.48. The average molecular weight is 1070 g/mol. The summed E-state index contributed by atoms with van der Waals surface area (Å²) in [5.41, 5.74) is 6.53. The molecule has 0 bridgehead atoms. The Morgan fingerprint density at radius 2 is 1.53 bits per heavy atom. The van der Waals surface area contributed by atoms with Crippen LogP contribution in [0.15, 0.2) is 79.3 Å². The highest BCUT2D eigenvalue weighted by molar-refractivity contribution is 6.10. The van der Waals surface area contributed by atoms with Gasteiger partial charge in [0.2, 0.25) is 29.5 Å². The van der Waals surface area contributed by atoms with Gasteiger partial charge in [0.05, 0.1) is 46.3 Å². The van der Waals surface area contributed by atoms with Gasteiger partial charge in [-0.1, -0.05) is 36.8 Å². The fraction of sp³-hybridized carbons (Fsp3) is 0.516. The van der Waals surface area contributed by atoms with Crippen molar-refractivity contribution in [2.24, 2.45) is 17.8 Å². The molecule has 16 nitrogen and oxygen atoms in total. The number of anilines is 3. The number of benzene rings is 3. The van der Waals surface area contributed by atoms with Gasteiger partial charge in [0, 0.05) is 85.7 Å². The minimum absolute atomic E-state index is 0.0140. The van der Waals surface area contributed by atoms with Crippen LogP contribution in [0.2, 0.25) is 0 Å². The lowest BCUT2D eigenvalue weighted by molar-refractivity contribution is -0.144. The van der Waals surface area contributed by atoms with Gasteiger partial charge in [0.25, 0.3) is 0 Å². The quantitative estimate of drug-likeness (QED) is 0.119. The molecule has 2 aliphatic carbocycles. The summed E-state index contributed by atoms with van der Waals surface area (Å²) in [4.78, 5) is 86.6. The second-order valence-corrected chi connectivity index (χ2v) is 24.2. The molecule has 4 saturated heterocycles. The first-order valence-electron chi connectivity index (χ1n) is 29.4. The number of likely N-dealkylation sites (tertiary alicyclic amines) is 3. The number of amides is 5. The van der Waals surface area contributed by atoms with Crippen LogP contribution in [0.4, 0.5) is 21.6 Å². The third-order valence-electron chi connectivity index (χ3n) is 19.3. The number of piperidine rings is 4. The van der Waals surface area contributed by atoms with E-state index in [1.54, 1.807) is 18.2 Å². The Hall–Kier alpha value is -7.01. The Balaban J connectivity index is 0.658. The number of rotatable bonds is 11. The summed E-state index contributed by atoms with van der Waals surface area (Å²) in [5.74, 6) is 0.0843. The van der Waals surface area contributed by atoms with E-state index in [9.17, 15) is 19.2 Å². The van der Waals surface area contributed by atoms with Gasteiger partial charge >= 0.3 is 0 Å². The topological polar surface area (TPSA) is 171 Å². The molecule has 1 unspecified atom stereocenters. The summed E-state index contributed by atoms with van der Waals surface area (Å²) in [7, 11) is 0. The summed E-state index contributed by atoms with van der Waals surface area (Å²) in [5, 5.41) is 11.4. The van der Waals surface area contributed by atoms with Crippen molar-refractivity contribution < 1.29 is 28.4 Å². The lowest BCUT2D eigenvalue weighted by Crippen LogP contribution is -2.58. The number of carbonyl (C=O) groups is 5. The van der Waals surface area contributed by atoms with E-state index in [1.807, 2.05) is 55.8 Å². The molecule has 6 fully saturated rings. The molecule has 8 heterocycles. The standard InChI is InChI=1S/C62H72FN11O5/c1-38(2)72-37-64-52-34-51(67-57(56(52)72)66-50-9-5-4-8-49(50)63)43-14-17-48-54(31-43)74(46-32-45(33-46)69-24-6-3-7-25-69)61(79)62(48)22-28-71(29-23-62)60(78)41-20-26-70(27-21-41)59(77)40-12-10-39(11-13-40)36-73-53-18-15-42(30-44(53)35-65-73)47-16-19-55(75)68-58(47)76/h4-5,8-9,14-15,17-18,30-31,34-35,37-41,45-47H,3,6-7,10-13,16,19-29,32-33,36H2,1-2H3,(H,66,67)(H,68,75,76). The summed E-state index contributed by atoms with van der Waals surface area (Å²) in [6.07, 6.45) is 16.1. The summed E-state index contributed by atoms with van der Waals surface area (Å²) >= 11 is 0. The van der Waals surface area contributed by atoms with Crippen LogP contribution >= 0.6 is 0 Å². The van der Waals surface area contributed by atoms with Crippen molar-refractivity contribution in [1.82, 2.24) is 44.3 Å². The first kappa shape index (κ1) is 51.4. The molecule has 79 heavy (non-hydrogen) atoms. The number of pyridine rings is 1. The fourth-order valence-corrected chi connectivity index (χ4v) is 14.6. The number of hydrogen-bond donors (Lipinski definition) is 2. The number of nitrogens with zero attached hydrogens (tertiary/aromatic N) is 9. The van der Waals surface area contributed by atoms with Crippen molar-refractivity contribution in [2.75, 3.05) is 49.5 Å². The van der Waals surface area contributed by atoms with Crippen LogP contribution in [0.5, 0.6) is 0 Å². The number of para-hydroxylation sites is 1. The molecule has 5 amide bonds. The predicted molar refractivity (Wildman–Crippen MR) is 300 cm³/mol. The minimum atomic E-state index is -0.740. The van der Waals surface area contributed by atoms with Crippen molar-refractivity contribution in [3.63, 3.8) is 0 Å². The van der Waals surface area contributed by atoms with E-state index in [-0.39, 0.29) is 65.2 Å². The Morgan fingerprint density at radius 1 is 0.797 bits per heavy atom. The van der Waals surface area contributed by atoms with Gasteiger partial charge in [-0.3, -0.25) is 34.0 Å². The van der Waals surface area contributed by atoms with Crippen LogP contribution in [0.1, 0.15) is 133 Å². The van der Waals surface area contributed by atoms with Gasteiger partial charge in [-0.25, -0.2) is 14.4 Å².